The second-order valence-electron chi connectivity index (χ2n) is 4.48. The molecule has 0 spiro atoms. The fourth-order valence-electron chi connectivity index (χ4n) is 1.80. The average Bonchev–Trinajstić information content (AvgIpc) is 2.41. The smallest absolute Gasteiger partial charge is 0.353 e. The van der Waals surface area contributed by atoms with Crippen molar-refractivity contribution in [3.8, 4) is 6.07 Å². The molecule has 2 aromatic carbocycles. The van der Waals surface area contributed by atoms with Crippen molar-refractivity contribution in [1.29, 1.82) is 5.26 Å². The molecule has 1 N–H and O–H groups in total. The first-order valence-corrected chi connectivity index (χ1v) is 6.33. The lowest BCUT2D eigenvalue weighted by molar-refractivity contribution is -0.137. The van der Waals surface area contributed by atoms with Crippen LogP contribution in [0, 0.1) is 18.3 Å². The number of alkyl halides is 3. The first-order valence-electron chi connectivity index (χ1n) is 5.96. The zero-order chi connectivity index (χ0) is 15.6. The molecule has 0 atom stereocenters. The monoisotopic (exact) mass is 310 g/mol. The summed E-state index contributed by atoms with van der Waals surface area (Å²) in [5.74, 6) is 0. The van der Waals surface area contributed by atoms with E-state index in [2.05, 4.69) is 5.32 Å². The molecule has 0 saturated heterocycles. The van der Waals surface area contributed by atoms with Crippen LogP contribution < -0.4 is 5.32 Å². The van der Waals surface area contributed by atoms with Gasteiger partial charge in [0, 0.05) is 0 Å². The van der Waals surface area contributed by atoms with Gasteiger partial charge in [-0.2, -0.15) is 18.4 Å². The van der Waals surface area contributed by atoms with E-state index in [0.29, 0.717) is 16.9 Å². The Hall–Kier alpha value is -2.19. The Labute approximate surface area is 124 Å². The SMILES string of the molecule is Cc1ccc(Nc2ccc(C(F)(F)F)cc2Cl)c(C#N)c1. The molecule has 0 aromatic heterocycles. The Balaban J connectivity index is 2.35. The lowest BCUT2D eigenvalue weighted by Gasteiger charge is -2.13. The van der Waals surface area contributed by atoms with E-state index in [1.807, 2.05) is 13.0 Å². The summed E-state index contributed by atoms with van der Waals surface area (Å²) in [6, 6.07) is 10.2. The van der Waals surface area contributed by atoms with Crippen LogP contribution in [0.1, 0.15) is 16.7 Å². The molecule has 0 aliphatic carbocycles. The minimum atomic E-state index is -4.44. The molecule has 0 aliphatic heterocycles. The van der Waals surface area contributed by atoms with Crippen LogP contribution in [-0.2, 0) is 6.18 Å². The van der Waals surface area contributed by atoms with Gasteiger partial charge in [0.2, 0.25) is 0 Å². The molecule has 0 amide bonds. The summed E-state index contributed by atoms with van der Waals surface area (Å²) in [7, 11) is 0. The predicted molar refractivity (Wildman–Crippen MR) is 75.6 cm³/mol. The van der Waals surface area contributed by atoms with E-state index in [0.717, 1.165) is 17.7 Å². The largest absolute Gasteiger partial charge is 0.416 e. The number of nitrogens with one attached hydrogen (secondary N) is 1. The maximum atomic E-state index is 12.6. The first kappa shape index (κ1) is 15.2. The number of rotatable bonds is 2. The highest BCUT2D eigenvalue weighted by Gasteiger charge is 2.30. The van der Waals surface area contributed by atoms with Crippen molar-refractivity contribution in [3.63, 3.8) is 0 Å². The van der Waals surface area contributed by atoms with Crippen LogP contribution in [0.4, 0.5) is 24.5 Å². The van der Waals surface area contributed by atoms with E-state index in [4.69, 9.17) is 16.9 Å². The Bertz CT molecular complexity index is 718. The van der Waals surface area contributed by atoms with Gasteiger partial charge in [-0.25, -0.2) is 0 Å². The molecule has 2 rings (SSSR count). The number of anilines is 2. The van der Waals surface area contributed by atoms with Crippen molar-refractivity contribution in [2.24, 2.45) is 0 Å². The molecule has 0 aliphatic rings. The zero-order valence-electron chi connectivity index (χ0n) is 10.9. The molecule has 108 valence electrons. The molecule has 0 saturated carbocycles. The number of halogens is 4. The van der Waals surface area contributed by atoms with Gasteiger partial charge in [-0.3, -0.25) is 0 Å². The van der Waals surface area contributed by atoms with Crippen molar-refractivity contribution < 1.29 is 13.2 Å². The third-order valence-electron chi connectivity index (χ3n) is 2.86. The summed E-state index contributed by atoms with van der Waals surface area (Å²) in [5, 5.41) is 11.9. The molecule has 0 bridgehead atoms. The van der Waals surface area contributed by atoms with Gasteiger partial charge in [0.15, 0.2) is 0 Å². The Morgan fingerprint density at radius 2 is 1.76 bits per heavy atom. The van der Waals surface area contributed by atoms with Crippen molar-refractivity contribution in [2.45, 2.75) is 13.1 Å². The number of nitrogens with zero attached hydrogens (tertiary/aromatic N) is 1. The van der Waals surface area contributed by atoms with Crippen LogP contribution in [0.5, 0.6) is 0 Å². The number of nitriles is 1. The fourth-order valence-corrected chi connectivity index (χ4v) is 2.03. The molecule has 6 heteroatoms. The van der Waals surface area contributed by atoms with E-state index in [1.165, 1.54) is 6.07 Å². The second kappa shape index (κ2) is 5.66. The van der Waals surface area contributed by atoms with Gasteiger partial charge in [0.05, 0.1) is 27.5 Å². The molecular weight excluding hydrogens is 301 g/mol. The van der Waals surface area contributed by atoms with Crippen LogP contribution >= 0.6 is 11.6 Å². The Morgan fingerprint density at radius 1 is 1.10 bits per heavy atom. The summed E-state index contributed by atoms with van der Waals surface area (Å²) in [4.78, 5) is 0. The lowest BCUT2D eigenvalue weighted by Crippen LogP contribution is -2.05. The van der Waals surface area contributed by atoms with E-state index in [9.17, 15) is 13.2 Å². The molecule has 2 nitrogen and oxygen atoms in total. The van der Waals surface area contributed by atoms with Gasteiger partial charge >= 0.3 is 6.18 Å². The third-order valence-corrected chi connectivity index (χ3v) is 3.17. The minimum absolute atomic E-state index is 0.0608. The molecule has 21 heavy (non-hydrogen) atoms. The van der Waals surface area contributed by atoms with Crippen LogP contribution in [-0.4, -0.2) is 0 Å². The standard InChI is InChI=1S/C15H10ClF3N2/c1-9-2-4-13(10(6-9)8-20)21-14-5-3-11(7-12(14)16)15(17,18)19/h2-7,21H,1H3. The van der Waals surface area contributed by atoms with E-state index < -0.39 is 11.7 Å². The molecule has 0 unspecified atom stereocenters. The van der Waals surface area contributed by atoms with E-state index in [1.54, 1.807) is 18.2 Å². The first-order chi connectivity index (χ1) is 9.81. The van der Waals surface area contributed by atoms with Crippen LogP contribution in [0.15, 0.2) is 36.4 Å². The number of hydrogen-bond donors (Lipinski definition) is 1. The summed E-state index contributed by atoms with van der Waals surface area (Å²) in [5.41, 5.74) is 1.29. The molecule has 0 fully saturated rings. The zero-order valence-corrected chi connectivity index (χ0v) is 11.7. The molecule has 0 heterocycles. The number of hydrogen-bond acceptors (Lipinski definition) is 2. The maximum Gasteiger partial charge on any atom is 0.416 e. The van der Waals surface area contributed by atoms with Crippen molar-refractivity contribution in [2.75, 3.05) is 5.32 Å². The quantitative estimate of drug-likeness (QED) is 0.819. The van der Waals surface area contributed by atoms with Gasteiger partial charge in [0.1, 0.15) is 6.07 Å². The van der Waals surface area contributed by atoms with Gasteiger partial charge < -0.3 is 5.32 Å². The van der Waals surface area contributed by atoms with Gasteiger partial charge in [0.25, 0.3) is 0 Å². The number of benzene rings is 2. The minimum Gasteiger partial charge on any atom is -0.353 e. The maximum absolute atomic E-state index is 12.6. The Kier molecular flexibility index (Phi) is 4.10. The Morgan fingerprint density at radius 3 is 2.33 bits per heavy atom. The van der Waals surface area contributed by atoms with Gasteiger partial charge in [-0.1, -0.05) is 17.7 Å². The van der Waals surface area contributed by atoms with Crippen LogP contribution in [0.3, 0.4) is 0 Å². The summed E-state index contributed by atoms with van der Waals surface area (Å²) in [6.45, 7) is 1.84. The van der Waals surface area contributed by atoms with Crippen molar-refractivity contribution in [1.82, 2.24) is 0 Å². The lowest BCUT2D eigenvalue weighted by atomic mass is 10.1. The van der Waals surface area contributed by atoms with E-state index in [-0.39, 0.29) is 5.02 Å². The van der Waals surface area contributed by atoms with Gasteiger partial charge in [-0.15, -0.1) is 0 Å². The summed E-state index contributed by atoms with van der Waals surface area (Å²) < 4.78 is 37.7. The second-order valence-corrected chi connectivity index (χ2v) is 4.89. The summed E-state index contributed by atoms with van der Waals surface area (Å²) >= 11 is 5.87. The van der Waals surface area contributed by atoms with E-state index >= 15 is 0 Å². The fraction of sp³-hybridized carbons (Fsp3) is 0.133. The average molecular weight is 311 g/mol. The summed E-state index contributed by atoms with van der Waals surface area (Å²) in [6.07, 6.45) is -4.44. The predicted octanol–water partition coefficient (Wildman–Crippen LogP) is 5.28. The highest BCUT2D eigenvalue weighted by atomic mass is 35.5. The highest BCUT2D eigenvalue weighted by molar-refractivity contribution is 6.33. The van der Waals surface area contributed by atoms with Crippen LogP contribution in [0.2, 0.25) is 5.02 Å². The molecular formula is C15H10ClF3N2. The molecule has 0 radical (unpaired) electrons. The molecule has 2 aromatic rings. The van der Waals surface area contributed by atoms with Crippen molar-refractivity contribution >= 4 is 23.0 Å². The normalized spacial score (nSPS) is 11.0. The third kappa shape index (κ3) is 3.47. The van der Waals surface area contributed by atoms with Gasteiger partial charge in [-0.05, 0) is 42.8 Å². The van der Waals surface area contributed by atoms with Crippen molar-refractivity contribution in [3.05, 3.63) is 58.1 Å². The van der Waals surface area contributed by atoms with Crippen LogP contribution in [0.25, 0.3) is 0 Å². The number of aryl methyl sites for hydroxylation is 1. The topological polar surface area (TPSA) is 35.8 Å². The highest BCUT2D eigenvalue weighted by Crippen LogP contribution is 2.35.